The van der Waals surface area contributed by atoms with Crippen molar-refractivity contribution < 1.29 is 13.2 Å². The standard InChI is InChI=1S/C14H20F3N/c1-10(2)13(18-3)9-8-11-6-4-5-7-12(11)14(15,16)17/h4-7,10,13,18H,8-9H2,1-3H3. The molecule has 0 aliphatic heterocycles. The van der Waals surface area contributed by atoms with Crippen molar-refractivity contribution in [1.29, 1.82) is 0 Å². The van der Waals surface area contributed by atoms with E-state index in [4.69, 9.17) is 0 Å². The molecule has 1 N–H and O–H groups in total. The number of hydrogen-bond acceptors (Lipinski definition) is 1. The first-order chi connectivity index (χ1) is 8.36. The van der Waals surface area contributed by atoms with Crippen molar-refractivity contribution in [2.24, 2.45) is 5.92 Å². The molecule has 0 fully saturated rings. The molecule has 0 saturated heterocycles. The van der Waals surface area contributed by atoms with E-state index in [1.54, 1.807) is 12.1 Å². The highest BCUT2D eigenvalue weighted by Gasteiger charge is 2.32. The topological polar surface area (TPSA) is 12.0 Å². The fourth-order valence-electron chi connectivity index (χ4n) is 2.14. The highest BCUT2D eigenvalue weighted by molar-refractivity contribution is 5.29. The van der Waals surface area contributed by atoms with E-state index in [-0.39, 0.29) is 6.04 Å². The van der Waals surface area contributed by atoms with Crippen LogP contribution in [0.1, 0.15) is 31.4 Å². The van der Waals surface area contributed by atoms with E-state index in [1.165, 1.54) is 6.07 Å². The predicted octanol–water partition coefficient (Wildman–Crippen LogP) is 3.88. The molecule has 0 spiro atoms. The number of benzene rings is 1. The molecule has 0 saturated carbocycles. The maximum Gasteiger partial charge on any atom is 0.416 e. The summed E-state index contributed by atoms with van der Waals surface area (Å²) in [5, 5.41) is 3.15. The van der Waals surface area contributed by atoms with E-state index in [1.807, 2.05) is 7.05 Å². The molecule has 1 aromatic carbocycles. The minimum atomic E-state index is -4.26. The molecule has 0 amide bonds. The van der Waals surface area contributed by atoms with Crippen molar-refractivity contribution >= 4 is 0 Å². The molecule has 4 heteroatoms. The Kier molecular flexibility index (Phi) is 5.20. The summed E-state index contributed by atoms with van der Waals surface area (Å²) in [5.41, 5.74) is -0.130. The first-order valence-electron chi connectivity index (χ1n) is 6.18. The lowest BCUT2D eigenvalue weighted by Gasteiger charge is -2.21. The van der Waals surface area contributed by atoms with Gasteiger partial charge in [0.05, 0.1) is 5.56 Å². The second-order valence-corrected chi connectivity index (χ2v) is 4.83. The third-order valence-electron chi connectivity index (χ3n) is 3.22. The van der Waals surface area contributed by atoms with Gasteiger partial charge in [0, 0.05) is 6.04 Å². The summed E-state index contributed by atoms with van der Waals surface area (Å²) in [6.45, 7) is 4.13. The number of alkyl halides is 3. The number of hydrogen-bond donors (Lipinski definition) is 1. The Morgan fingerprint density at radius 3 is 2.28 bits per heavy atom. The van der Waals surface area contributed by atoms with E-state index < -0.39 is 11.7 Å². The van der Waals surface area contributed by atoms with Crippen LogP contribution in [-0.4, -0.2) is 13.1 Å². The van der Waals surface area contributed by atoms with Gasteiger partial charge in [-0.05, 0) is 37.4 Å². The van der Waals surface area contributed by atoms with Crippen LogP contribution >= 0.6 is 0 Å². The van der Waals surface area contributed by atoms with Crippen LogP contribution in [0.3, 0.4) is 0 Å². The van der Waals surface area contributed by atoms with Crippen LogP contribution in [0.2, 0.25) is 0 Å². The summed E-state index contributed by atoms with van der Waals surface area (Å²) in [5.74, 6) is 0.410. The fourth-order valence-corrected chi connectivity index (χ4v) is 2.14. The van der Waals surface area contributed by atoms with Crippen molar-refractivity contribution in [2.45, 2.75) is 38.9 Å². The van der Waals surface area contributed by atoms with Gasteiger partial charge in [-0.3, -0.25) is 0 Å². The van der Waals surface area contributed by atoms with Crippen LogP contribution in [0.5, 0.6) is 0 Å². The molecule has 0 aromatic heterocycles. The summed E-state index contributed by atoms with van der Waals surface area (Å²) >= 11 is 0. The molecule has 0 heterocycles. The highest BCUT2D eigenvalue weighted by Crippen LogP contribution is 2.32. The van der Waals surface area contributed by atoms with E-state index >= 15 is 0 Å². The third-order valence-corrected chi connectivity index (χ3v) is 3.22. The summed E-state index contributed by atoms with van der Waals surface area (Å²) in [6.07, 6.45) is -3.11. The fraction of sp³-hybridized carbons (Fsp3) is 0.571. The minimum Gasteiger partial charge on any atom is -0.317 e. The summed E-state index contributed by atoms with van der Waals surface area (Å²) < 4.78 is 38.4. The third kappa shape index (κ3) is 4.02. The van der Waals surface area contributed by atoms with Crippen LogP contribution in [-0.2, 0) is 12.6 Å². The highest BCUT2D eigenvalue weighted by atomic mass is 19.4. The number of nitrogens with one attached hydrogen (secondary N) is 1. The monoisotopic (exact) mass is 259 g/mol. The summed E-state index contributed by atoms with van der Waals surface area (Å²) in [4.78, 5) is 0. The Labute approximate surface area is 106 Å². The van der Waals surface area contributed by atoms with Gasteiger partial charge >= 0.3 is 6.18 Å². The number of halogens is 3. The molecule has 0 bridgehead atoms. The van der Waals surface area contributed by atoms with Crippen LogP contribution in [0.25, 0.3) is 0 Å². The quantitative estimate of drug-likeness (QED) is 0.846. The molecule has 1 aromatic rings. The molecule has 102 valence electrons. The normalized spacial score (nSPS) is 13.9. The van der Waals surface area contributed by atoms with Crippen molar-refractivity contribution in [3.8, 4) is 0 Å². The molecule has 0 radical (unpaired) electrons. The van der Waals surface area contributed by atoms with Gasteiger partial charge < -0.3 is 5.32 Å². The summed E-state index contributed by atoms with van der Waals surface area (Å²) in [6, 6.07) is 6.06. The first kappa shape index (κ1) is 15.0. The average molecular weight is 259 g/mol. The van der Waals surface area contributed by atoms with Gasteiger partial charge in [0.2, 0.25) is 0 Å². The Morgan fingerprint density at radius 1 is 1.17 bits per heavy atom. The Bertz CT molecular complexity index is 372. The Hall–Kier alpha value is -1.03. The van der Waals surface area contributed by atoms with E-state index in [9.17, 15) is 13.2 Å². The van der Waals surface area contributed by atoms with Gasteiger partial charge in [-0.2, -0.15) is 13.2 Å². The van der Waals surface area contributed by atoms with Crippen molar-refractivity contribution in [3.63, 3.8) is 0 Å². The molecule has 1 atom stereocenters. The zero-order valence-corrected chi connectivity index (χ0v) is 11.0. The second kappa shape index (κ2) is 6.23. The molecule has 0 aliphatic rings. The molecule has 0 aliphatic carbocycles. The van der Waals surface area contributed by atoms with Crippen molar-refractivity contribution in [2.75, 3.05) is 7.05 Å². The largest absolute Gasteiger partial charge is 0.416 e. The predicted molar refractivity (Wildman–Crippen MR) is 67.5 cm³/mol. The second-order valence-electron chi connectivity index (χ2n) is 4.83. The van der Waals surface area contributed by atoms with Gasteiger partial charge in [-0.1, -0.05) is 32.0 Å². The van der Waals surface area contributed by atoms with Crippen LogP contribution in [0.15, 0.2) is 24.3 Å². The smallest absolute Gasteiger partial charge is 0.317 e. The average Bonchev–Trinajstić information content (AvgIpc) is 2.28. The van der Waals surface area contributed by atoms with Gasteiger partial charge in [-0.25, -0.2) is 0 Å². The molecular weight excluding hydrogens is 239 g/mol. The van der Waals surface area contributed by atoms with Crippen LogP contribution in [0, 0.1) is 5.92 Å². The lowest BCUT2D eigenvalue weighted by atomic mass is 9.94. The maximum absolute atomic E-state index is 12.8. The Balaban J connectivity index is 2.79. The first-order valence-corrected chi connectivity index (χ1v) is 6.18. The van der Waals surface area contributed by atoms with Crippen molar-refractivity contribution in [1.82, 2.24) is 5.32 Å². The van der Waals surface area contributed by atoms with E-state index in [0.29, 0.717) is 24.3 Å². The van der Waals surface area contributed by atoms with E-state index in [2.05, 4.69) is 19.2 Å². The SMILES string of the molecule is CNC(CCc1ccccc1C(F)(F)F)C(C)C. The summed E-state index contributed by atoms with van der Waals surface area (Å²) in [7, 11) is 1.85. The lowest BCUT2D eigenvalue weighted by Crippen LogP contribution is -2.31. The van der Waals surface area contributed by atoms with Gasteiger partial charge in [0.1, 0.15) is 0 Å². The van der Waals surface area contributed by atoms with E-state index in [0.717, 1.165) is 6.07 Å². The number of rotatable bonds is 5. The zero-order valence-electron chi connectivity index (χ0n) is 11.0. The maximum atomic E-state index is 12.8. The van der Waals surface area contributed by atoms with Gasteiger partial charge in [0.25, 0.3) is 0 Å². The van der Waals surface area contributed by atoms with Crippen molar-refractivity contribution in [3.05, 3.63) is 35.4 Å². The minimum absolute atomic E-state index is 0.242. The molecule has 1 unspecified atom stereocenters. The van der Waals surface area contributed by atoms with Gasteiger partial charge in [0.15, 0.2) is 0 Å². The molecule has 1 rings (SSSR count). The molecular formula is C14H20F3N. The number of aryl methyl sites for hydroxylation is 1. The molecule has 1 nitrogen and oxygen atoms in total. The molecule has 18 heavy (non-hydrogen) atoms. The van der Waals surface area contributed by atoms with Crippen LogP contribution in [0.4, 0.5) is 13.2 Å². The lowest BCUT2D eigenvalue weighted by molar-refractivity contribution is -0.138. The zero-order chi connectivity index (χ0) is 13.8. The van der Waals surface area contributed by atoms with Crippen LogP contribution < -0.4 is 5.32 Å². The van der Waals surface area contributed by atoms with Gasteiger partial charge in [-0.15, -0.1) is 0 Å². The Morgan fingerprint density at radius 2 is 1.78 bits per heavy atom.